The van der Waals surface area contributed by atoms with Crippen LogP contribution in [0.3, 0.4) is 0 Å². The molecule has 0 saturated heterocycles. The van der Waals surface area contributed by atoms with Crippen LogP contribution < -0.4 is 10.6 Å². The maximum absolute atomic E-state index is 12.7. The van der Waals surface area contributed by atoms with Gasteiger partial charge >= 0.3 is 6.18 Å². The zero-order valence-corrected chi connectivity index (χ0v) is 12.7. The average Bonchev–Trinajstić information content (AvgIpc) is 2.46. The Morgan fingerprint density at radius 1 is 1.17 bits per heavy atom. The van der Waals surface area contributed by atoms with Crippen LogP contribution in [-0.2, 0) is 10.9 Å². The molecular formula is C15H17F3N4O. The van der Waals surface area contributed by atoms with Gasteiger partial charge in [0.2, 0.25) is 5.95 Å². The zero-order valence-electron chi connectivity index (χ0n) is 12.7. The van der Waals surface area contributed by atoms with Gasteiger partial charge in [-0.05, 0) is 25.1 Å². The highest BCUT2D eigenvalue weighted by molar-refractivity contribution is 5.58. The lowest BCUT2D eigenvalue weighted by molar-refractivity contribution is -0.137. The van der Waals surface area contributed by atoms with Crippen LogP contribution in [0.15, 0.2) is 30.3 Å². The normalized spacial score (nSPS) is 11.3. The first-order chi connectivity index (χ1) is 10.9. The van der Waals surface area contributed by atoms with Gasteiger partial charge in [-0.25, -0.2) is 4.98 Å². The minimum Gasteiger partial charge on any atom is -0.383 e. The summed E-state index contributed by atoms with van der Waals surface area (Å²) < 4.78 is 43.1. The van der Waals surface area contributed by atoms with Crippen LogP contribution in [0.2, 0.25) is 0 Å². The molecule has 0 aliphatic carbocycles. The Bertz CT molecular complexity index is 661. The third kappa shape index (κ3) is 5.10. The number of benzene rings is 1. The van der Waals surface area contributed by atoms with Crippen LogP contribution in [0.1, 0.15) is 11.3 Å². The monoisotopic (exact) mass is 326 g/mol. The molecule has 5 nitrogen and oxygen atoms in total. The molecule has 23 heavy (non-hydrogen) atoms. The van der Waals surface area contributed by atoms with Crippen molar-refractivity contribution < 1.29 is 17.9 Å². The summed E-state index contributed by atoms with van der Waals surface area (Å²) in [4.78, 5) is 8.43. The van der Waals surface area contributed by atoms with E-state index in [1.165, 1.54) is 6.07 Å². The zero-order chi connectivity index (χ0) is 16.9. The van der Waals surface area contributed by atoms with Crippen LogP contribution in [0.25, 0.3) is 0 Å². The van der Waals surface area contributed by atoms with E-state index in [-0.39, 0.29) is 0 Å². The number of aryl methyl sites for hydroxylation is 1. The molecule has 1 aromatic heterocycles. The van der Waals surface area contributed by atoms with Crippen LogP contribution in [0.5, 0.6) is 0 Å². The molecule has 0 bridgehead atoms. The van der Waals surface area contributed by atoms with Crippen molar-refractivity contribution in [3.05, 3.63) is 41.6 Å². The summed E-state index contributed by atoms with van der Waals surface area (Å²) in [7, 11) is 1.58. The molecular weight excluding hydrogens is 309 g/mol. The molecule has 0 unspecified atom stereocenters. The quantitative estimate of drug-likeness (QED) is 0.794. The van der Waals surface area contributed by atoms with Crippen LogP contribution in [-0.4, -0.2) is 30.2 Å². The number of nitrogens with zero attached hydrogens (tertiary/aromatic N) is 2. The standard InChI is InChI=1S/C15H17F3N4O/c1-10-8-13(22-14(20-10)19-6-7-23-2)21-12-5-3-4-11(9-12)15(16,17)18/h3-5,8-9H,6-7H2,1-2H3,(H2,19,20,21,22). The molecule has 0 fully saturated rings. The predicted molar refractivity (Wildman–Crippen MR) is 81.9 cm³/mol. The molecule has 124 valence electrons. The van der Waals surface area contributed by atoms with Crippen LogP contribution in [0, 0.1) is 6.92 Å². The molecule has 0 saturated carbocycles. The molecule has 0 spiro atoms. The summed E-state index contributed by atoms with van der Waals surface area (Å²) in [5, 5.41) is 5.85. The first kappa shape index (κ1) is 17.0. The van der Waals surface area contributed by atoms with Crippen molar-refractivity contribution in [3.8, 4) is 0 Å². The SMILES string of the molecule is COCCNc1nc(C)cc(Nc2cccc(C(F)(F)F)c2)n1. The summed E-state index contributed by atoms with van der Waals surface area (Å²) in [6.07, 6.45) is -4.38. The van der Waals surface area contributed by atoms with Gasteiger partial charge in [0.05, 0.1) is 12.2 Å². The van der Waals surface area contributed by atoms with Crippen molar-refractivity contribution in [1.82, 2.24) is 9.97 Å². The molecule has 0 atom stereocenters. The maximum Gasteiger partial charge on any atom is 0.416 e. The molecule has 1 aromatic carbocycles. The second kappa shape index (κ2) is 7.28. The molecule has 0 amide bonds. The summed E-state index contributed by atoms with van der Waals surface area (Å²) >= 11 is 0. The Balaban J connectivity index is 2.16. The lowest BCUT2D eigenvalue weighted by Crippen LogP contribution is -2.11. The van der Waals surface area contributed by atoms with E-state index in [9.17, 15) is 13.2 Å². The number of aromatic nitrogens is 2. The third-order valence-corrected chi connectivity index (χ3v) is 2.91. The van der Waals surface area contributed by atoms with Gasteiger partial charge in [0.15, 0.2) is 0 Å². The van der Waals surface area contributed by atoms with Gasteiger partial charge in [-0.15, -0.1) is 0 Å². The van der Waals surface area contributed by atoms with Gasteiger partial charge in [-0.1, -0.05) is 6.07 Å². The fourth-order valence-corrected chi connectivity index (χ4v) is 1.90. The van der Waals surface area contributed by atoms with E-state index in [2.05, 4.69) is 20.6 Å². The van der Waals surface area contributed by atoms with Gasteiger partial charge < -0.3 is 15.4 Å². The Morgan fingerprint density at radius 3 is 2.65 bits per heavy atom. The second-order valence-electron chi connectivity index (χ2n) is 4.84. The summed E-state index contributed by atoms with van der Waals surface area (Å²) in [5.74, 6) is 0.799. The lowest BCUT2D eigenvalue weighted by atomic mass is 10.2. The van der Waals surface area contributed by atoms with Gasteiger partial charge in [-0.3, -0.25) is 0 Å². The lowest BCUT2D eigenvalue weighted by Gasteiger charge is -2.12. The van der Waals surface area contributed by atoms with Gasteiger partial charge in [0.25, 0.3) is 0 Å². The first-order valence-electron chi connectivity index (χ1n) is 6.91. The number of alkyl halides is 3. The van der Waals surface area contributed by atoms with Crippen molar-refractivity contribution >= 4 is 17.5 Å². The Kier molecular flexibility index (Phi) is 5.38. The molecule has 0 aliphatic heterocycles. The van der Waals surface area contributed by atoms with E-state index in [4.69, 9.17) is 4.74 Å². The van der Waals surface area contributed by atoms with Gasteiger partial charge in [0, 0.05) is 31.1 Å². The molecule has 0 aliphatic rings. The number of halogens is 3. The maximum atomic E-state index is 12.7. The second-order valence-corrected chi connectivity index (χ2v) is 4.84. The number of nitrogens with one attached hydrogen (secondary N) is 2. The molecule has 8 heteroatoms. The smallest absolute Gasteiger partial charge is 0.383 e. The Hall–Kier alpha value is -2.35. The largest absolute Gasteiger partial charge is 0.416 e. The molecule has 1 heterocycles. The number of anilines is 3. The third-order valence-electron chi connectivity index (χ3n) is 2.91. The van der Waals surface area contributed by atoms with Gasteiger partial charge in [-0.2, -0.15) is 18.2 Å². The number of hydrogen-bond acceptors (Lipinski definition) is 5. The number of methoxy groups -OCH3 is 1. The average molecular weight is 326 g/mol. The minimum absolute atomic E-state index is 0.306. The van der Waals surface area contributed by atoms with Crippen molar-refractivity contribution in [2.24, 2.45) is 0 Å². The highest BCUT2D eigenvalue weighted by Crippen LogP contribution is 2.31. The fraction of sp³-hybridized carbons (Fsp3) is 0.333. The first-order valence-corrected chi connectivity index (χ1v) is 6.91. The number of hydrogen-bond donors (Lipinski definition) is 2. The molecule has 2 rings (SSSR count). The van der Waals surface area contributed by atoms with Crippen molar-refractivity contribution in [2.45, 2.75) is 13.1 Å². The van der Waals surface area contributed by atoms with E-state index in [1.54, 1.807) is 26.2 Å². The molecule has 0 radical (unpaired) electrons. The van der Waals surface area contributed by atoms with E-state index < -0.39 is 11.7 Å². The van der Waals surface area contributed by atoms with E-state index in [1.807, 2.05) is 0 Å². The van der Waals surface area contributed by atoms with Crippen molar-refractivity contribution in [1.29, 1.82) is 0 Å². The molecule has 2 N–H and O–H groups in total. The summed E-state index contributed by atoms with van der Waals surface area (Å²) in [6.45, 7) is 2.80. The van der Waals surface area contributed by atoms with Crippen molar-refractivity contribution in [3.63, 3.8) is 0 Å². The van der Waals surface area contributed by atoms with Gasteiger partial charge in [0.1, 0.15) is 5.82 Å². The van der Waals surface area contributed by atoms with Crippen LogP contribution >= 0.6 is 0 Å². The highest BCUT2D eigenvalue weighted by Gasteiger charge is 2.30. The van der Waals surface area contributed by atoms with E-state index in [0.29, 0.717) is 36.3 Å². The highest BCUT2D eigenvalue weighted by atomic mass is 19.4. The number of ether oxygens (including phenoxy) is 1. The van der Waals surface area contributed by atoms with E-state index >= 15 is 0 Å². The summed E-state index contributed by atoms with van der Waals surface area (Å²) in [5.41, 5.74) is 0.280. The number of rotatable bonds is 6. The predicted octanol–water partition coefficient (Wildman–Crippen LogP) is 3.61. The fourth-order valence-electron chi connectivity index (χ4n) is 1.90. The Labute approximate surface area is 131 Å². The van der Waals surface area contributed by atoms with E-state index in [0.717, 1.165) is 12.1 Å². The van der Waals surface area contributed by atoms with Crippen LogP contribution in [0.4, 0.5) is 30.6 Å². The Morgan fingerprint density at radius 2 is 1.96 bits per heavy atom. The molecule has 2 aromatic rings. The minimum atomic E-state index is -4.38. The van der Waals surface area contributed by atoms with Crippen molar-refractivity contribution in [2.75, 3.05) is 30.9 Å². The topological polar surface area (TPSA) is 59.1 Å². The summed E-state index contributed by atoms with van der Waals surface area (Å²) in [6, 6.07) is 6.60.